The van der Waals surface area contributed by atoms with Gasteiger partial charge in [-0.25, -0.2) is 0 Å². The van der Waals surface area contributed by atoms with E-state index in [1.807, 2.05) is 36.4 Å². The number of hydrogen-bond donors (Lipinski definition) is 1. The monoisotopic (exact) mass is 361 g/mol. The predicted molar refractivity (Wildman–Crippen MR) is 102 cm³/mol. The molecule has 1 heterocycles. The summed E-state index contributed by atoms with van der Waals surface area (Å²) in [5.74, 6) is 0.756. The Bertz CT molecular complexity index is 1000. The number of methoxy groups -OCH3 is 2. The first-order chi connectivity index (χ1) is 13.1. The van der Waals surface area contributed by atoms with E-state index in [9.17, 15) is 9.90 Å². The molecule has 1 N–H and O–H groups in total. The highest BCUT2D eigenvalue weighted by Crippen LogP contribution is 2.46. The van der Waals surface area contributed by atoms with Crippen molar-refractivity contribution in [2.75, 3.05) is 19.1 Å². The fourth-order valence-electron chi connectivity index (χ4n) is 3.58. The predicted octanol–water partition coefficient (Wildman–Crippen LogP) is 3.56. The van der Waals surface area contributed by atoms with Crippen molar-refractivity contribution < 1.29 is 19.4 Å². The number of amides is 1. The molecule has 1 atom stereocenters. The molecule has 0 radical (unpaired) electrons. The zero-order chi connectivity index (χ0) is 19.0. The summed E-state index contributed by atoms with van der Waals surface area (Å²) < 4.78 is 10.7. The summed E-state index contributed by atoms with van der Waals surface area (Å²) in [5.41, 5.74) is 0.530. The second kappa shape index (κ2) is 6.45. The quantitative estimate of drug-likeness (QED) is 0.772. The average Bonchev–Trinajstić information content (AvgIpc) is 2.96. The Kier molecular flexibility index (Phi) is 4.09. The van der Waals surface area contributed by atoms with Gasteiger partial charge in [0, 0.05) is 22.8 Å². The SMILES string of the molecule is COc1ccc(N2C(=O)c3ccccc3C2(O)c2ccccc2)cc1OC. The van der Waals surface area contributed by atoms with E-state index in [2.05, 4.69) is 0 Å². The van der Waals surface area contributed by atoms with E-state index in [0.29, 0.717) is 33.9 Å². The summed E-state index contributed by atoms with van der Waals surface area (Å²) in [4.78, 5) is 14.6. The third kappa shape index (κ3) is 2.47. The van der Waals surface area contributed by atoms with E-state index < -0.39 is 5.72 Å². The Morgan fingerprint density at radius 1 is 0.852 bits per heavy atom. The van der Waals surface area contributed by atoms with Crippen molar-refractivity contribution in [3.05, 3.63) is 89.5 Å². The highest BCUT2D eigenvalue weighted by atomic mass is 16.5. The minimum atomic E-state index is -1.62. The molecule has 0 bridgehead atoms. The summed E-state index contributed by atoms with van der Waals surface area (Å²) in [6.45, 7) is 0. The van der Waals surface area contributed by atoms with E-state index >= 15 is 0 Å². The maximum atomic E-state index is 13.2. The van der Waals surface area contributed by atoms with E-state index in [4.69, 9.17) is 9.47 Å². The van der Waals surface area contributed by atoms with Crippen LogP contribution in [0.5, 0.6) is 11.5 Å². The van der Waals surface area contributed by atoms with Crippen molar-refractivity contribution in [3.63, 3.8) is 0 Å². The van der Waals surface area contributed by atoms with Crippen LogP contribution in [0.4, 0.5) is 5.69 Å². The van der Waals surface area contributed by atoms with Gasteiger partial charge in [-0.05, 0) is 18.2 Å². The summed E-state index contributed by atoms with van der Waals surface area (Å²) >= 11 is 0. The normalized spacial score (nSPS) is 18.3. The fraction of sp³-hybridized carbons (Fsp3) is 0.136. The van der Waals surface area contributed by atoms with Gasteiger partial charge < -0.3 is 14.6 Å². The van der Waals surface area contributed by atoms with Crippen LogP contribution < -0.4 is 14.4 Å². The standard InChI is InChI=1S/C22H19NO4/c1-26-19-13-12-16(14-20(19)27-2)23-21(24)17-10-6-7-11-18(17)22(23,25)15-8-4-3-5-9-15/h3-14,25H,1-2H3. The largest absolute Gasteiger partial charge is 0.493 e. The molecule has 4 rings (SSSR count). The van der Waals surface area contributed by atoms with Crippen LogP contribution in [0.1, 0.15) is 21.5 Å². The number of rotatable bonds is 4. The zero-order valence-corrected chi connectivity index (χ0v) is 15.0. The number of carbonyl (C=O) groups is 1. The Balaban J connectivity index is 1.95. The zero-order valence-electron chi connectivity index (χ0n) is 15.0. The van der Waals surface area contributed by atoms with Crippen molar-refractivity contribution in [3.8, 4) is 11.5 Å². The Morgan fingerprint density at radius 2 is 1.52 bits per heavy atom. The molecule has 1 aliphatic heterocycles. The number of anilines is 1. The lowest BCUT2D eigenvalue weighted by atomic mass is 9.93. The third-order valence-electron chi connectivity index (χ3n) is 4.86. The number of hydrogen-bond acceptors (Lipinski definition) is 4. The molecule has 0 saturated heterocycles. The van der Waals surface area contributed by atoms with Crippen molar-refractivity contribution in [1.29, 1.82) is 0 Å². The fourth-order valence-corrected chi connectivity index (χ4v) is 3.58. The first kappa shape index (κ1) is 17.1. The number of ether oxygens (including phenoxy) is 2. The Morgan fingerprint density at radius 3 is 2.22 bits per heavy atom. The van der Waals surface area contributed by atoms with Gasteiger partial charge in [0.15, 0.2) is 17.2 Å². The molecule has 0 aliphatic carbocycles. The van der Waals surface area contributed by atoms with Gasteiger partial charge in [0.1, 0.15) is 0 Å². The second-order valence-electron chi connectivity index (χ2n) is 6.26. The van der Waals surface area contributed by atoms with Crippen LogP contribution in [0.3, 0.4) is 0 Å². The number of nitrogens with zero attached hydrogens (tertiary/aromatic N) is 1. The van der Waals surface area contributed by atoms with E-state index in [1.165, 1.54) is 12.0 Å². The van der Waals surface area contributed by atoms with Gasteiger partial charge >= 0.3 is 0 Å². The van der Waals surface area contributed by atoms with E-state index in [1.54, 1.807) is 43.5 Å². The molecule has 0 saturated carbocycles. The topological polar surface area (TPSA) is 59.0 Å². The van der Waals surface area contributed by atoms with Crippen molar-refractivity contribution in [2.24, 2.45) is 0 Å². The smallest absolute Gasteiger partial charge is 0.261 e. The van der Waals surface area contributed by atoms with Crippen LogP contribution in [0.2, 0.25) is 0 Å². The maximum Gasteiger partial charge on any atom is 0.261 e. The molecular weight excluding hydrogens is 342 g/mol. The molecule has 1 unspecified atom stereocenters. The van der Waals surface area contributed by atoms with Gasteiger partial charge in [-0.3, -0.25) is 9.69 Å². The third-order valence-corrected chi connectivity index (χ3v) is 4.86. The van der Waals surface area contributed by atoms with Gasteiger partial charge in [0.25, 0.3) is 5.91 Å². The van der Waals surface area contributed by atoms with Gasteiger partial charge in [-0.2, -0.15) is 0 Å². The molecule has 3 aromatic carbocycles. The summed E-state index contributed by atoms with van der Waals surface area (Å²) in [5, 5.41) is 11.8. The molecule has 5 heteroatoms. The number of aliphatic hydroxyl groups is 1. The molecule has 0 fully saturated rings. The van der Waals surface area contributed by atoms with E-state index in [0.717, 1.165) is 0 Å². The highest BCUT2D eigenvalue weighted by Gasteiger charge is 2.50. The van der Waals surface area contributed by atoms with E-state index in [-0.39, 0.29) is 5.91 Å². The molecule has 1 amide bonds. The Hall–Kier alpha value is -3.31. The van der Waals surface area contributed by atoms with Crippen molar-refractivity contribution in [2.45, 2.75) is 5.72 Å². The number of benzene rings is 3. The molecular formula is C22H19NO4. The van der Waals surface area contributed by atoms with Gasteiger partial charge in [-0.15, -0.1) is 0 Å². The first-order valence-corrected chi connectivity index (χ1v) is 8.55. The Labute approximate surface area is 157 Å². The maximum absolute atomic E-state index is 13.2. The highest BCUT2D eigenvalue weighted by molar-refractivity contribution is 6.12. The van der Waals surface area contributed by atoms with Crippen LogP contribution in [0.25, 0.3) is 0 Å². The van der Waals surface area contributed by atoms with Crippen molar-refractivity contribution >= 4 is 11.6 Å². The van der Waals surface area contributed by atoms with Crippen LogP contribution >= 0.6 is 0 Å². The average molecular weight is 361 g/mol. The molecule has 0 spiro atoms. The van der Waals surface area contributed by atoms with Gasteiger partial charge in [0.2, 0.25) is 0 Å². The number of carbonyl (C=O) groups excluding carboxylic acids is 1. The number of fused-ring (bicyclic) bond motifs is 1. The molecule has 0 aromatic heterocycles. The summed E-state index contributed by atoms with van der Waals surface area (Å²) in [6, 6.07) is 21.4. The molecule has 1 aliphatic rings. The lowest BCUT2D eigenvalue weighted by Crippen LogP contribution is -2.45. The molecule has 136 valence electrons. The van der Waals surface area contributed by atoms with Gasteiger partial charge in [0.05, 0.1) is 19.9 Å². The van der Waals surface area contributed by atoms with Crippen LogP contribution in [-0.2, 0) is 5.72 Å². The molecule has 27 heavy (non-hydrogen) atoms. The van der Waals surface area contributed by atoms with Crippen LogP contribution in [0, 0.1) is 0 Å². The summed E-state index contributed by atoms with van der Waals surface area (Å²) in [6.07, 6.45) is 0. The lowest BCUT2D eigenvalue weighted by molar-refractivity contribution is 0.0703. The molecule has 5 nitrogen and oxygen atoms in total. The van der Waals surface area contributed by atoms with Gasteiger partial charge in [-0.1, -0.05) is 48.5 Å². The second-order valence-corrected chi connectivity index (χ2v) is 6.26. The van der Waals surface area contributed by atoms with Crippen molar-refractivity contribution in [1.82, 2.24) is 0 Å². The lowest BCUT2D eigenvalue weighted by Gasteiger charge is -2.35. The minimum absolute atomic E-state index is 0.274. The minimum Gasteiger partial charge on any atom is -0.493 e. The summed E-state index contributed by atoms with van der Waals surface area (Å²) in [7, 11) is 3.08. The van der Waals surface area contributed by atoms with Crippen LogP contribution in [0.15, 0.2) is 72.8 Å². The van der Waals surface area contributed by atoms with Crippen LogP contribution in [-0.4, -0.2) is 25.2 Å². The molecule has 3 aromatic rings. The first-order valence-electron chi connectivity index (χ1n) is 8.55.